The molecule has 0 aromatic heterocycles. The van der Waals surface area contributed by atoms with Crippen molar-refractivity contribution in [2.24, 2.45) is 23.7 Å². The number of aliphatic hydroxyl groups is 4. The smallest absolute Gasteiger partial charge is 0.334 e. The molecule has 1 saturated heterocycles. The Balaban J connectivity index is 2.06. The van der Waals surface area contributed by atoms with Crippen LogP contribution >= 0.6 is 0 Å². The van der Waals surface area contributed by atoms with Crippen molar-refractivity contribution in [3.8, 4) is 0 Å². The molecule has 0 aliphatic carbocycles. The Labute approximate surface area is 246 Å². The summed E-state index contributed by atoms with van der Waals surface area (Å²) < 4.78 is 16.9. The van der Waals surface area contributed by atoms with Crippen LogP contribution in [0.1, 0.15) is 74.1 Å². The van der Waals surface area contributed by atoms with Crippen molar-refractivity contribution in [3.05, 3.63) is 47.6 Å². The molecule has 0 amide bonds. The van der Waals surface area contributed by atoms with Gasteiger partial charge in [-0.1, -0.05) is 63.6 Å². The summed E-state index contributed by atoms with van der Waals surface area (Å²) in [6, 6.07) is 0. The number of epoxide rings is 1. The van der Waals surface area contributed by atoms with Crippen LogP contribution in [0, 0.1) is 23.7 Å². The summed E-state index contributed by atoms with van der Waals surface area (Å²) in [5.74, 6) is -1.01. The minimum Gasteiger partial charge on any atom is -0.458 e. The molecule has 2 heterocycles. The predicted octanol–water partition coefficient (Wildman–Crippen LogP) is 4.27. The summed E-state index contributed by atoms with van der Waals surface area (Å²) in [5.41, 5.74) is 1.32. The molecule has 2 aliphatic rings. The van der Waals surface area contributed by atoms with Crippen molar-refractivity contribution in [1.82, 2.24) is 0 Å². The molecule has 12 unspecified atom stereocenters. The lowest BCUT2D eigenvalue weighted by molar-refractivity contribution is -0.146. The van der Waals surface area contributed by atoms with Crippen LogP contribution in [0.15, 0.2) is 47.6 Å². The zero-order valence-electron chi connectivity index (χ0n) is 26.1. The van der Waals surface area contributed by atoms with Crippen LogP contribution < -0.4 is 0 Å². The van der Waals surface area contributed by atoms with E-state index in [-0.39, 0.29) is 42.0 Å². The highest BCUT2D eigenvalue weighted by Crippen LogP contribution is 2.34. The lowest BCUT2D eigenvalue weighted by atomic mass is 9.85. The van der Waals surface area contributed by atoms with E-state index in [4.69, 9.17) is 14.2 Å². The lowest BCUT2D eigenvalue weighted by Crippen LogP contribution is -2.38. The van der Waals surface area contributed by atoms with Gasteiger partial charge in [0.1, 0.15) is 18.3 Å². The van der Waals surface area contributed by atoms with Crippen molar-refractivity contribution >= 4 is 5.97 Å². The molecule has 1 fully saturated rings. The Kier molecular flexibility index (Phi) is 14.4. The molecule has 41 heavy (non-hydrogen) atoms. The van der Waals surface area contributed by atoms with Crippen LogP contribution in [0.5, 0.6) is 0 Å². The maximum Gasteiger partial charge on any atom is 0.334 e. The number of rotatable bonds is 10. The molecule has 8 heteroatoms. The highest BCUT2D eigenvalue weighted by atomic mass is 16.6. The van der Waals surface area contributed by atoms with E-state index in [0.717, 1.165) is 5.57 Å². The van der Waals surface area contributed by atoms with Gasteiger partial charge in [-0.3, -0.25) is 0 Å². The highest BCUT2D eigenvalue weighted by Gasteiger charge is 2.49. The van der Waals surface area contributed by atoms with Gasteiger partial charge in [0, 0.05) is 36.9 Å². The van der Waals surface area contributed by atoms with E-state index in [0.29, 0.717) is 31.3 Å². The number of fused-ring (bicyclic) bond motifs is 1. The number of allylic oxidation sites excluding steroid dienone is 3. The van der Waals surface area contributed by atoms with Gasteiger partial charge in [0.05, 0.1) is 30.5 Å². The summed E-state index contributed by atoms with van der Waals surface area (Å²) >= 11 is 0. The molecule has 0 bridgehead atoms. The number of carbonyl (C=O) groups excluding carboxylic acids is 1. The van der Waals surface area contributed by atoms with Crippen molar-refractivity contribution in [2.75, 3.05) is 7.11 Å². The van der Waals surface area contributed by atoms with Crippen LogP contribution in [0.4, 0.5) is 0 Å². The average Bonchev–Trinajstić information content (AvgIpc) is 3.74. The fourth-order valence-corrected chi connectivity index (χ4v) is 5.32. The summed E-state index contributed by atoms with van der Waals surface area (Å²) in [5, 5.41) is 42.4. The zero-order valence-corrected chi connectivity index (χ0v) is 26.1. The summed E-state index contributed by atoms with van der Waals surface area (Å²) in [6.45, 7) is 13.2. The molecule has 0 aromatic carbocycles. The molecule has 0 spiro atoms. The lowest BCUT2D eigenvalue weighted by Gasteiger charge is -2.31. The quantitative estimate of drug-likeness (QED) is 0.172. The Morgan fingerprint density at radius 2 is 1.63 bits per heavy atom. The van der Waals surface area contributed by atoms with Crippen molar-refractivity contribution < 1.29 is 39.4 Å². The highest BCUT2D eigenvalue weighted by molar-refractivity contribution is 5.88. The number of cyclic esters (lactones) is 1. The van der Waals surface area contributed by atoms with E-state index in [1.807, 2.05) is 71.9 Å². The minimum absolute atomic E-state index is 0.00198. The number of aliphatic hydroxyl groups excluding tert-OH is 4. The van der Waals surface area contributed by atoms with Crippen molar-refractivity contribution in [2.45, 2.75) is 123 Å². The van der Waals surface area contributed by atoms with Gasteiger partial charge in [-0.2, -0.15) is 0 Å². The summed E-state index contributed by atoms with van der Waals surface area (Å²) in [4.78, 5) is 13.0. The van der Waals surface area contributed by atoms with E-state index in [1.54, 1.807) is 20.1 Å². The van der Waals surface area contributed by atoms with Gasteiger partial charge in [0.25, 0.3) is 0 Å². The Morgan fingerprint density at radius 3 is 2.29 bits per heavy atom. The molecule has 4 N–H and O–H groups in total. The Hall–Kier alpha value is -1.81. The molecule has 8 nitrogen and oxygen atoms in total. The molecular weight excluding hydrogens is 524 g/mol. The number of ether oxygens (including phenoxy) is 3. The van der Waals surface area contributed by atoms with Gasteiger partial charge in [0.2, 0.25) is 0 Å². The first kappa shape index (κ1) is 35.4. The van der Waals surface area contributed by atoms with Gasteiger partial charge in [-0.15, -0.1) is 0 Å². The molecule has 0 aromatic rings. The Morgan fingerprint density at radius 1 is 1.00 bits per heavy atom. The maximum atomic E-state index is 13.0. The third-order valence-corrected chi connectivity index (χ3v) is 8.76. The minimum atomic E-state index is -0.738. The molecule has 12 atom stereocenters. The fraction of sp³-hybridized carbons (Fsp3) is 0.727. The van der Waals surface area contributed by atoms with Crippen molar-refractivity contribution in [3.63, 3.8) is 0 Å². The summed E-state index contributed by atoms with van der Waals surface area (Å²) in [6.07, 6.45) is 9.17. The molecule has 234 valence electrons. The van der Waals surface area contributed by atoms with E-state index < -0.39 is 36.5 Å². The monoisotopic (exact) mass is 578 g/mol. The predicted molar refractivity (Wildman–Crippen MR) is 160 cm³/mol. The normalized spacial score (nSPS) is 32.6. The molecular formula is C33H54O8. The van der Waals surface area contributed by atoms with Crippen LogP contribution in [0.2, 0.25) is 0 Å². The average molecular weight is 579 g/mol. The second-order valence-electron chi connectivity index (χ2n) is 12.2. The van der Waals surface area contributed by atoms with Crippen LogP contribution in [-0.4, -0.2) is 82.3 Å². The number of esters is 1. The van der Waals surface area contributed by atoms with E-state index in [1.165, 1.54) is 0 Å². The second-order valence-corrected chi connectivity index (χ2v) is 12.2. The van der Waals surface area contributed by atoms with E-state index in [2.05, 4.69) is 0 Å². The Bertz CT molecular complexity index is 940. The first-order valence-corrected chi connectivity index (χ1v) is 15.1. The molecule has 0 saturated carbocycles. The maximum absolute atomic E-state index is 13.0. The third kappa shape index (κ3) is 10.8. The van der Waals surface area contributed by atoms with Crippen molar-refractivity contribution in [1.29, 1.82) is 0 Å². The fourth-order valence-electron chi connectivity index (χ4n) is 5.32. The largest absolute Gasteiger partial charge is 0.458 e. The number of methoxy groups -OCH3 is 1. The SMILES string of the molecule is COC(C)C(C)C(O)C(C)C(O)CC=CCC(C)C1CC=CCC(O)C2OC2C(O)C(C)C=C(C)C=C(C)C(=O)O1. The van der Waals surface area contributed by atoms with Gasteiger partial charge >= 0.3 is 5.97 Å². The third-order valence-electron chi connectivity index (χ3n) is 8.76. The standard InChI is InChI=1S/C33H54O8/c1-19-17-21(3)29(36)32-31(41-32)27(35)15-11-12-16-28(40-33(38)22(4)18-19)20(2)13-9-10-14-26(34)24(6)30(37)23(5)25(7)39-8/h9-12,17-18,20-21,23-32,34-37H,13-16H2,1-8H3. The van der Waals surface area contributed by atoms with Gasteiger partial charge < -0.3 is 34.6 Å². The topological polar surface area (TPSA) is 129 Å². The summed E-state index contributed by atoms with van der Waals surface area (Å²) in [7, 11) is 1.61. The van der Waals surface area contributed by atoms with Gasteiger partial charge in [0.15, 0.2) is 0 Å². The van der Waals surface area contributed by atoms with E-state index >= 15 is 0 Å². The second kappa shape index (κ2) is 16.7. The van der Waals surface area contributed by atoms with Crippen LogP contribution in [0.3, 0.4) is 0 Å². The number of hydrogen-bond acceptors (Lipinski definition) is 8. The number of carbonyl (C=O) groups is 1. The zero-order chi connectivity index (χ0) is 30.9. The van der Waals surface area contributed by atoms with Gasteiger partial charge in [-0.25, -0.2) is 4.79 Å². The first-order chi connectivity index (χ1) is 19.3. The van der Waals surface area contributed by atoms with Crippen LogP contribution in [0.25, 0.3) is 0 Å². The van der Waals surface area contributed by atoms with Gasteiger partial charge in [-0.05, 0) is 52.0 Å². The molecule has 0 radical (unpaired) electrons. The van der Waals surface area contributed by atoms with Crippen LogP contribution in [-0.2, 0) is 19.0 Å². The van der Waals surface area contributed by atoms with E-state index in [9.17, 15) is 25.2 Å². The first-order valence-electron chi connectivity index (χ1n) is 15.1. The number of hydrogen-bond donors (Lipinski definition) is 4. The molecule has 2 aliphatic heterocycles. The molecule has 2 rings (SSSR count).